The number of carbonyl (C=O) groups excluding carboxylic acids is 1. The minimum atomic E-state index is 0.666. The smallest absolute Gasteiger partial charge is 0.161 e. The summed E-state index contributed by atoms with van der Waals surface area (Å²) in [5.41, 5.74) is 0. The van der Waals surface area contributed by atoms with Gasteiger partial charge < -0.3 is 0 Å². The number of aromatic nitrogens is 1. The summed E-state index contributed by atoms with van der Waals surface area (Å²) >= 11 is 6.39. The van der Waals surface area contributed by atoms with Crippen molar-refractivity contribution in [2.75, 3.05) is 0 Å². The average Bonchev–Trinajstić information content (AvgIpc) is 2.71. The van der Waals surface area contributed by atoms with E-state index in [0.717, 1.165) is 20.6 Å². The second-order valence-electron chi connectivity index (χ2n) is 2.31. The normalized spacial score (nSPS) is 10.2. The number of hydrogen-bond acceptors (Lipinski definition) is 4. The van der Waals surface area contributed by atoms with Gasteiger partial charge in [0.25, 0.3) is 0 Å². The van der Waals surface area contributed by atoms with E-state index in [1.165, 1.54) is 11.3 Å². The van der Waals surface area contributed by atoms with E-state index >= 15 is 0 Å². The molecule has 0 spiro atoms. The number of aldehydes is 1. The summed E-state index contributed by atoms with van der Waals surface area (Å²) in [5.74, 6) is 0. The molecule has 2 nitrogen and oxygen atoms in total. The lowest BCUT2D eigenvalue weighted by Crippen LogP contribution is -1.64. The minimum absolute atomic E-state index is 0.666. The fraction of sp³-hybridized carbons (Fsp3) is 0. The number of rotatable bonds is 2. The molecule has 0 aliphatic heterocycles. The number of halogens is 1. The molecule has 2 heterocycles. The molecule has 0 aliphatic rings. The van der Waals surface area contributed by atoms with Crippen molar-refractivity contribution >= 4 is 44.9 Å². The Balaban J connectivity index is 2.40. The van der Waals surface area contributed by atoms with Gasteiger partial charge in [0.05, 0.1) is 9.75 Å². The van der Waals surface area contributed by atoms with Crippen LogP contribution in [0.2, 0.25) is 0 Å². The number of hydrogen-bond donors (Lipinski definition) is 0. The highest BCUT2D eigenvalue weighted by Crippen LogP contribution is 2.32. The van der Waals surface area contributed by atoms with E-state index in [0.29, 0.717) is 4.88 Å². The lowest BCUT2D eigenvalue weighted by atomic mass is 10.5. The van der Waals surface area contributed by atoms with Crippen LogP contribution >= 0.6 is 38.6 Å². The number of thiazole rings is 1. The molecule has 0 unspecified atom stereocenters. The van der Waals surface area contributed by atoms with Crippen LogP contribution in [0.25, 0.3) is 9.88 Å². The maximum Gasteiger partial charge on any atom is 0.161 e. The van der Waals surface area contributed by atoms with Crippen molar-refractivity contribution in [3.05, 3.63) is 27.0 Å². The molecule has 0 aliphatic carbocycles. The van der Waals surface area contributed by atoms with Crippen LogP contribution in [0.3, 0.4) is 0 Å². The fourth-order valence-corrected chi connectivity index (χ4v) is 3.11. The maximum absolute atomic E-state index is 10.4. The Bertz CT molecular complexity index is 435. The molecule has 2 aromatic rings. The lowest BCUT2D eigenvalue weighted by molar-refractivity contribution is 0.112. The number of nitrogens with zero attached hydrogens (tertiary/aromatic N) is 1. The Morgan fingerprint density at radius 1 is 1.54 bits per heavy atom. The first-order valence-corrected chi connectivity index (χ1v) is 5.94. The molecule has 0 aromatic carbocycles. The molecule has 2 rings (SSSR count). The Morgan fingerprint density at radius 2 is 2.38 bits per heavy atom. The summed E-state index contributed by atoms with van der Waals surface area (Å²) in [6.07, 6.45) is 2.42. The van der Waals surface area contributed by atoms with Crippen molar-refractivity contribution in [1.29, 1.82) is 0 Å². The van der Waals surface area contributed by atoms with E-state index in [-0.39, 0.29) is 0 Å². The Kier molecular flexibility index (Phi) is 2.57. The zero-order valence-electron chi connectivity index (χ0n) is 6.36. The molecule has 0 saturated heterocycles. The molecule has 0 N–H and O–H groups in total. The van der Waals surface area contributed by atoms with Crippen LogP contribution in [0.4, 0.5) is 0 Å². The summed E-state index contributed by atoms with van der Waals surface area (Å²) in [7, 11) is 0. The van der Waals surface area contributed by atoms with Crippen molar-refractivity contribution in [2.24, 2.45) is 0 Å². The van der Waals surface area contributed by atoms with E-state index in [2.05, 4.69) is 20.9 Å². The molecule has 13 heavy (non-hydrogen) atoms. The van der Waals surface area contributed by atoms with Crippen LogP contribution in [0, 0.1) is 0 Å². The first kappa shape index (κ1) is 9.05. The summed E-state index contributed by atoms with van der Waals surface area (Å²) in [6, 6.07) is 2.00. The molecule has 0 saturated carbocycles. The molecule has 5 heteroatoms. The van der Waals surface area contributed by atoms with Crippen molar-refractivity contribution in [3.8, 4) is 9.88 Å². The van der Waals surface area contributed by atoms with Gasteiger partial charge >= 0.3 is 0 Å². The van der Waals surface area contributed by atoms with Gasteiger partial charge in [-0.25, -0.2) is 4.98 Å². The summed E-state index contributed by atoms with van der Waals surface area (Å²) < 4.78 is 1.05. The van der Waals surface area contributed by atoms with Gasteiger partial charge in [-0.05, 0) is 22.0 Å². The van der Waals surface area contributed by atoms with Gasteiger partial charge in [-0.15, -0.1) is 22.7 Å². The quantitative estimate of drug-likeness (QED) is 0.785. The zero-order valence-corrected chi connectivity index (χ0v) is 9.58. The molecule has 0 fully saturated rings. The topological polar surface area (TPSA) is 30.0 Å². The van der Waals surface area contributed by atoms with E-state index < -0.39 is 0 Å². The van der Waals surface area contributed by atoms with Crippen molar-refractivity contribution in [1.82, 2.24) is 4.98 Å². The van der Waals surface area contributed by atoms with Crippen molar-refractivity contribution in [3.63, 3.8) is 0 Å². The Hall–Kier alpha value is -0.520. The summed E-state index contributed by atoms with van der Waals surface area (Å²) in [6.45, 7) is 0. The van der Waals surface area contributed by atoms with Crippen LogP contribution in [-0.4, -0.2) is 11.3 Å². The van der Waals surface area contributed by atoms with Gasteiger partial charge in [-0.3, -0.25) is 4.79 Å². The van der Waals surface area contributed by atoms with Crippen LogP contribution in [0.5, 0.6) is 0 Å². The van der Waals surface area contributed by atoms with E-state index in [1.54, 1.807) is 17.5 Å². The van der Waals surface area contributed by atoms with Crippen LogP contribution in [0.15, 0.2) is 22.1 Å². The number of thiophene rings is 1. The molecule has 2 aromatic heterocycles. The first-order chi connectivity index (χ1) is 6.29. The van der Waals surface area contributed by atoms with Gasteiger partial charge in [-0.1, -0.05) is 0 Å². The number of carbonyl (C=O) groups is 1. The third-order valence-electron chi connectivity index (χ3n) is 1.42. The largest absolute Gasteiger partial charge is 0.297 e. The lowest BCUT2D eigenvalue weighted by Gasteiger charge is -1.84. The third kappa shape index (κ3) is 1.87. The molecule has 0 atom stereocenters. The minimum Gasteiger partial charge on any atom is -0.297 e. The maximum atomic E-state index is 10.4. The highest BCUT2D eigenvalue weighted by atomic mass is 79.9. The van der Waals surface area contributed by atoms with E-state index in [1.807, 2.05) is 11.4 Å². The Labute approximate surface area is 91.4 Å². The molecule has 66 valence electrons. The first-order valence-electron chi connectivity index (χ1n) is 3.45. The summed E-state index contributed by atoms with van der Waals surface area (Å²) in [5, 5.41) is 2.90. The van der Waals surface area contributed by atoms with Gasteiger partial charge in [0, 0.05) is 16.0 Å². The highest BCUT2D eigenvalue weighted by Gasteiger charge is 2.05. The second-order valence-corrected chi connectivity index (χ2v) is 5.20. The van der Waals surface area contributed by atoms with E-state index in [4.69, 9.17) is 0 Å². The third-order valence-corrected chi connectivity index (χ3v) is 4.20. The van der Waals surface area contributed by atoms with Gasteiger partial charge in [0.2, 0.25) is 0 Å². The van der Waals surface area contributed by atoms with Crippen LogP contribution in [0.1, 0.15) is 9.67 Å². The molecular weight excluding hydrogens is 270 g/mol. The Morgan fingerprint density at radius 3 is 2.92 bits per heavy atom. The molecule has 0 bridgehead atoms. The predicted octanol–water partition coefficient (Wildman–Crippen LogP) is 3.45. The molecule has 0 radical (unpaired) electrons. The van der Waals surface area contributed by atoms with Crippen molar-refractivity contribution < 1.29 is 4.79 Å². The van der Waals surface area contributed by atoms with Crippen LogP contribution in [-0.2, 0) is 0 Å². The van der Waals surface area contributed by atoms with E-state index in [9.17, 15) is 4.79 Å². The second kappa shape index (κ2) is 3.69. The van der Waals surface area contributed by atoms with Crippen molar-refractivity contribution in [2.45, 2.75) is 0 Å². The highest BCUT2D eigenvalue weighted by molar-refractivity contribution is 9.10. The zero-order chi connectivity index (χ0) is 9.26. The van der Waals surface area contributed by atoms with Crippen LogP contribution < -0.4 is 0 Å². The molecular formula is C8H4BrNOS2. The molecule has 0 amide bonds. The standard InChI is InChI=1S/C8H4BrNOS2/c9-5-1-7(12-4-5)8-10-2-6(3-11)13-8/h1-4H. The average molecular weight is 274 g/mol. The monoisotopic (exact) mass is 273 g/mol. The van der Waals surface area contributed by atoms with Gasteiger partial charge in [0.15, 0.2) is 6.29 Å². The predicted molar refractivity (Wildman–Crippen MR) is 58.5 cm³/mol. The van der Waals surface area contributed by atoms with Gasteiger partial charge in [0.1, 0.15) is 5.01 Å². The van der Waals surface area contributed by atoms with Gasteiger partial charge in [-0.2, -0.15) is 0 Å². The fourth-order valence-electron chi connectivity index (χ4n) is 0.880. The SMILES string of the molecule is O=Cc1cnc(-c2cc(Br)cs2)s1. The summed E-state index contributed by atoms with van der Waals surface area (Å²) in [4.78, 5) is 16.3.